The van der Waals surface area contributed by atoms with Crippen molar-refractivity contribution >= 4 is 28.9 Å². The molecular formula is C20H26N4O4. The average Bonchev–Trinajstić information content (AvgIpc) is 3.01. The van der Waals surface area contributed by atoms with Gasteiger partial charge in [0.05, 0.1) is 7.11 Å². The number of piperidine rings is 1. The molecule has 2 aromatic rings. The number of carbonyl (C=O) groups excluding carboxylic acids is 2. The smallest absolute Gasteiger partial charge is 0.298 e. The van der Waals surface area contributed by atoms with Crippen LogP contribution in [0.3, 0.4) is 0 Å². The van der Waals surface area contributed by atoms with Crippen LogP contribution in [0.5, 0.6) is 5.75 Å². The van der Waals surface area contributed by atoms with Crippen molar-refractivity contribution in [2.45, 2.75) is 25.7 Å². The van der Waals surface area contributed by atoms with Gasteiger partial charge in [-0.05, 0) is 30.9 Å². The fourth-order valence-corrected chi connectivity index (χ4v) is 3.96. The van der Waals surface area contributed by atoms with Crippen molar-refractivity contribution in [1.82, 2.24) is 15.2 Å². The molecule has 0 radical (unpaired) electrons. The van der Waals surface area contributed by atoms with Crippen LogP contribution in [0.25, 0.3) is 11.1 Å². The van der Waals surface area contributed by atoms with Crippen molar-refractivity contribution in [1.29, 1.82) is 0 Å². The lowest BCUT2D eigenvalue weighted by Gasteiger charge is -2.32. The molecule has 3 heterocycles. The Balaban J connectivity index is 1.40. The normalized spacial score (nSPS) is 20.8. The Labute approximate surface area is 163 Å². The number of methoxy groups -OCH3 is 1. The predicted octanol–water partition coefficient (Wildman–Crippen LogP) is 1.79. The number of benzene rings is 1. The van der Waals surface area contributed by atoms with Gasteiger partial charge in [0.25, 0.3) is 6.01 Å². The van der Waals surface area contributed by atoms with Gasteiger partial charge < -0.3 is 24.3 Å². The fraction of sp³-hybridized carbons (Fsp3) is 0.550. The van der Waals surface area contributed by atoms with Crippen molar-refractivity contribution in [2.75, 3.05) is 44.7 Å². The van der Waals surface area contributed by atoms with Crippen molar-refractivity contribution < 1.29 is 18.7 Å². The first-order valence-corrected chi connectivity index (χ1v) is 9.86. The summed E-state index contributed by atoms with van der Waals surface area (Å²) in [5.41, 5.74) is 1.50. The molecule has 1 aromatic carbocycles. The molecule has 1 unspecified atom stereocenters. The molecule has 1 N–H and O–H groups in total. The van der Waals surface area contributed by atoms with Gasteiger partial charge in [0.15, 0.2) is 5.58 Å². The molecule has 28 heavy (non-hydrogen) atoms. The molecule has 1 atom stereocenters. The lowest BCUT2D eigenvalue weighted by molar-refractivity contribution is -0.132. The van der Waals surface area contributed by atoms with Crippen LogP contribution in [0, 0.1) is 5.92 Å². The van der Waals surface area contributed by atoms with Crippen LogP contribution >= 0.6 is 0 Å². The lowest BCUT2D eigenvalue weighted by Crippen LogP contribution is -2.40. The number of rotatable bonds is 4. The van der Waals surface area contributed by atoms with Crippen LogP contribution in [0.1, 0.15) is 25.7 Å². The maximum Gasteiger partial charge on any atom is 0.298 e. The highest BCUT2D eigenvalue weighted by Gasteiger charge is 2.27. The summed E-state index contributed by atoms with van der Waals surface area (Å²) in [6, 6.07) is 6.19. The summed E-state index contributed by atoms with van der Waals surface area (Å²) in [5, 5.41) is 2.81. The van der Waals surface area contributed by atoms with E-state index in [1.165, 1.54) is 0 Å². The highest BCUT2D eigenvalue weighted by Crippen LogP contribution is 2.29. The predicted molar refractivity (Wildman–Crippen MR) is 104 cm³/mol. The minimum atomic E-state index is 0.0201. The molecule has 0 spiro atoms. The first-order chi connectivity index (χ1) is 13.6. The largest absolute Gasteiger partial charge is 0.497 e. The minimum absolute atomic E-state index is 0.0201. The third-order valence-electron chi connectivity index (χ3n) is 5.50. The van der Waals surface area contributed by atoms with E-state index in [4.69, 9.17) is 9.15 Å². The third-order valence-corrected chi connectivity index (χ3v) is 5.50. The summed E-state index contributed by atoms with van der Waals surface area (Å²) in [6.45, 7) is 3.26. The molecule has 2 aliphatic heterocycles. The van der Waals surface area contributed by atoms with E-state index in [0.29, 0.717) is 38.5 Å². The number of carbonyl (C=O) groups is 2. The Morgan fingerprint density at radius 1 is 1.36 bits per heavy atom. The number of nitrogens with one attached hydrogen (secondary N) is 1. The highest BCUT2D eigenvalue weighted by atomic mass is 16.5. The van der Waals surface area contributed by atoms with Gasteiger partial charge in [-0.3, -0.25) is 9.59 Å². The molecule has 8 heteroatoms. The highest BCUT2D eigenvalue weighted by molar-refractivity contribution is 5.80. The van der Waals surface area contributed by atoms with Gasteiger partial charge in [-0.25, -0.2) is 0 Å². The number of anilines is 1. The van der Waals surface area contributed by atoms with Crippen LogP contribution in [-0.2, 0) is 9.59 Å². The van der Waals surface area contributed by atoms with Crippen LogP contribution in [0.4, 0.5) is 6.01 Å². The second-order valence-corrected chi connectivity index (χ2v) is 7.47. The summed E-state index contributed by atoms with van der Waals surface area (Å²) in [4.78, 5) is 32.7. The number of nitrogens with zero attached hydrogens (tertiary/aromatic N) is 3. The Morgan fingerprint density at radius 2 is 2.25 bits per heavy atom. The van der Waals surface area contributed by atoms with Crippen LogP contribution in [0.15, 0.2) is 22.6 Å². The van der Waals surface area contributed by atoms with Crippen LogP contribution < -0.4 is 15.0 Å². The van der Waals surface area contributed by atoms with E-state index in [0.717, 1.165) is 42.8 Å². The molecule has 4 rings (SSSR count). The second kappa shape index (κ2) is 8.08. The third kappa shape index (κ3) is 4.05. The first kappa shape index (κ1) is 18.6. The van der Waals surface area contributed by atoms with Gasteiger partial charge in [0.2, 0.25) is 11.8 Å². The molecule has 0 aliphatic carbocycles. The van der Waals surface area contributed by atoms with Crippen molar-refractivity contribution in [2.24, 2.45) is 5.92 Å². The number of ether oxygens (including phenoxy) is 1. The molecule has 2 fully saturated rings. The van der Waals surface area contributed by atoms with Crippen LogP contribution in [0.2, 0.25) is 0 Å². The standard InChI is InChI=1S/C20H26N4O4/c1-27-15-4-5-17-16(12-15)22-20(28-17)24-8-2-3-14(13-24)11-19(26)23-9-6-18(25)21-7-10-23/h4-5,12,14H,2-3,6-11,13H2,1H3,(H,21,25). The Hall–Kier alpha value is -2.77. The zero-order chi connectivity index (χ0) is 19.5. The number of amides is 2. The topological polar surface area (TPSA) is 87.9 Å². The van der Waals surface area contributed by atoms with Gasteiger partial charge in [0, 0.05) is 51.6 Å². The van der Waals surface area contributed by atoms with Crippen LogP contribution in [-0.4, -0.2) is 61.5 Å². The van der Waals surface area contributed by atoms with Crippen molar-refractivity contribution in [3.05, 3.63) is 18.2 Å². The zero-order valence-corrected chi connectivity index (χ0v) is 16.1. The Bertz CT molecular complexity index is 865. The molecule has 1 aromatic heterocycles. The van der Waals surface area contributed by atoms with Gasteiger partial charge in [0.1, 0.15) is 11.3 Å². The van der Waals surface area contributed by atoms with Crippen molar-refractivity contribution in [3.8, 4) is 5.75 Å². The van der Waals surface area contributed by atoms with E-state index in [1.54, 1.807) is 7.11 Å². The SMILES string of the molecule is COc1ccc2oc(N3CCCC(CC(=O)N4CCNC(=O)CC4)C3)nc2c1. The van der Waals surface area contributed by atoms with E-state index < -0.39 is 0 Å². The average molecular weight is 386 g/mol. The van der Waals surface area contributed by atoms with Gasteiger partial charge >= 0.3 is 0 Å². The Morgan fingerprint density at radius 3 is 3.11 bits per heavy atom. The first-order valence-electron chi connectivity index (χ1n) is 9.86. The van der Waals surface area contributed by atoms with E-state index in [1.807, 2.05) is 23.1 Å². The number of oxazole rings is 1. The molecule has 2 saturated heterocycles. The monoisotopic (exact) mass is 386 g/mol. The number of hydrogen-bond acceptors (Lipinski definition) is 6. The quantitative estimate of drug-likeness (QED) is 0.862. The minimum Gasteiger partial charge on any atom is -0.497 e. The number of hydrogen-bond donors (Lipinski definition) is 1. The summed E-state index contributed by atoms with van der Waals surface area (Å²) < 4.78 is 11.2. The maximum absolute atomic E-state index is 12.7. The molecule has 150 valence electrons. The lowest BCUT2D eigenvalue weighted by atomic mass is 9.94. The molecular weight excluding hydrogens is 360 g/mol. The van der Waals surface area contributed by atoms with E-state index in [-0.39, 0.29) is 17.7 Å². The molecule has 2 amide bonds. The molecule has 0 bridgehead atoms. The van der Waals surface area contributed by atoms with Gasteiger partial charge in [-0.2, -0.15) is 4.98 Å². The second-order valence-electron chi connectivity index (χ2n) is 7.47. The zero-order valence-electron chi connectivity index (χ0n) is 16.1. The molecule has 8 nitrogen and oxygen atoms in total. The van der Waals surface area contributed by atoms with Gasteiger partial charge in [-0.1, -0.05) is 0 Å². The van der Waals surface area contributed by atoms with E-state index in [2.05, 4.69) is 15.2 Å². The Kier molecular flexibility index (Phi) is 5.36. The van der Waals surface area contributed by atoms with Crippen molar-refractivity contribution in [3.63, 3.8) is 0 Å². The van der Waals surface area contributed by atoms with E-state index in [9.17, 15) is 9.59 Å². The van der Waals surface area contributed by atoms with Gasteiger partial charge in [-0.15, -0.1) is 0 Å². The number of aromatic nitrogens is 1. The molecule has 2 aliphatic rings. The fourth-order valence-electron chi connectivity index (χ4n) is 3.96. The number of fused-ring (bicyclic) bond motifs is 1. The summed E-state index contributed by atoms with van der Waals surface area (Å²) in [6.07, 6.45) is 2.90. The maximum atomic E-state index is 12.7. The van der Waals surface area contributed by atoms with E-state index >= 15 is 0 Å². The summed E-state index contributed by atoms with van der Waals surface area (Å²) in [7, 11) is 1.63. The molecule has 0 saturated carbocycles. The summed E-state index contributed by atoms with van der Waals surface area (Å²) >= 11 is 0. The summed E-state index contributed by atoms with van der Waals surface area (Å²) in [5.74, 6) is 1.16.